The van der Waals surface area contributed by atoms with E-state index in [2.05, 4.69) is 10.3 Å². The number of rotatable bonds is 7. The Morgan fingerprint density at radius 2 is 1.85 bits per heavy atom. The zero-order valence-corrected chi connectivity index (χ0v) is 13.6. The third-order valence-corrected chi connectivity index (χ3v) is 3.48. The van der Waals surface area contributed by atoms with Gasteiger partial charge in [-0.15, -0.1) is 0 Å². The number of halogens is 3. The average molecular weight is 385 g/mol. The number of nitrogens with one attached hydrogen (secondary N) is 1. The molecule has 1 atom stereocenters. The number of carbonyl (C=O) groups excluding carboxylic acids is 2. The normalized spacial score (nSPS) is 12.4. The lowest BCUT2D eigenvalue weighted by molar-refractivity contribution is -0.139. The molecule has 1 unspecified atom stereocenters. The summed E-state index contributed by atoms with van der Waals surface area (Å²) in [6.07, 6.45) is -4.00. The molecule has 0 bridgehead atoms. The van der Waals surface area contributed by atoms with Crippen molar-refractivity contribution in [1.29, 1.82) is 0 Å². The zero-order valence-electron chi connectivity index (χ0n) is 13.6. The van der Waals surface area contributed by atoms with E-state index in [9.17, 15) is 27.6 Å². The number of benzene rings is 1. The van der Waals surface area contributed by atoms with E-state index >= 15 is 0 Å². The Labute approximate surface area is 150 Å². The van der Waals surface area contributed by atoms with E-state index in [-0.39, 0.29) is 30.0 Å². The number of carboxylic acid groups (broad SMARTS) is 1. The first-order valence-corrected chi connectivity index (χ1v) is 7.53. The largest absolute Gasteiger partial charge is 0.480 e. The number of primary amides is 1. The molecular weight excluding hydrogens is 371 g/mol. The predicted molar refractivity (Wildman–Crippen MR) is 84.3 cm³/mol. The number of aliphatic carboxylic acids is 1. The van der Waals surface area contributed by atoms with Crippen LogP contribution in [0.5, 0.6) is 0 Å². The molecule has 0 fully saturated rings. The Morgan fingerprint density at radius 1 is 1.22 bits per heavy atom. The molecule has 1 heterocycles. The summed E-state index contributed by atoms with van der Waals surface area (Å²) in [6, 6.07) is 2.57. The molecule has 0 saturated heterocycles. The van der Waals surface area contributed by atoms with E-state index in [1.165, 1.54) is 0 Å². The smallest absolute Gasteiger partial charge is 0.416 e. The Morgan fingerprint density at radius 3 is 2.37 bits per heavy atom. The van der Waals surface area contributed by atoms with Gasteiger partial charge in [-0.2, -0.15) is 13.2 Å². The molecule has 2 amide bonds. The number of aromatic nitrogens is 1. The van der Waals surface area contributed by atoms with Crippen LogP contribution in [0.25, 0.3) is 11.5 Å². The Hall–Kier alpha value is -3.37. The van der Waals surface area contributed by atoms with Crippen LogP contribution in [0.15, 0.2) is 34.9 Å². The third kappa shape index (κ3) is 5.30. The van der Waals surface area contributed by atoms with Crippen LogP contribution >= 0.6 is 0 Å². The second-order valence-electron chi connectivity index (χ2n) is 5.48. The van der Waals surface area contributed by atoms with Crippen LogP contribution in [0.1, 0.15) is 28.9 Å². The van der Waals surface area contributed by atoms with Crippen LogP contribution in [-0.4, -0.2) is 33.9 Å². The number of oxazole rings is 1. The van der Waals surface area contributed by atoms with Crippen molar-refractivity contribution in [1.82, 2.24) is 10.3 Å². The number of alkyl halides is 3. The number of carboxylic acids is 1. The molecule has 0 spiro atoms. The number of amides is 2. The van der Waals surface area contributed by atoms with Crippen molar-refractivity contribution in [2.24, 2.45) is 5.73 Å². The van der Waals surface area contributed by atoms with Gasteiger partial charge in [-0.25, -0.2) is 9.78 Å². The van der Waals surface area contributed by atoms with E-state index in [1.54, 1.807) is 0 Å². The SMILES string of the molecule is NC(=O)CCC(NC(=O)c1coc(-c2ccc(C(F)(F)F)cc2)n1)C(=O)O. The Kier molecular flexibility index (Phi) is 5.83. The summed E-state index contributed by atoms with van der Waals surface area (Å²) in [7, 11) is 0. The minimum Gasteiger partial charge on any atom is -0.480 e. The highest BCUT2D eigenvalue weighted by Gasteiger charge is 2.30. The highest BCUT2D eigenvalue weighted by atomic mass is 19.4. The fraction of sp³-hybridized carbons (Fsp3) is 0.250. The first-order valence-electron chi connectivity index (χ1n) is 7.53. The number of nitrogens with two attached hydrogens (primary N) is 1. The zero-order chi connectivity index (χ0) is 20.2. The van der Waals surface area contributed by atoms with Gasteiger partial charge in [0.15, 0.2) is 5.69 Å². The van der Waals surface area contributed by atoms with Crippen LogP contribution in [0, 0.1) is 0 Å². The minimum absolute atomic E-state index is 0.113. The molecule has 8 nitrogen and oxygen atoms in total. The first kappa shape index (κ1) is 19.9. The maximum Gasteiger partial charge on any atom is 0.416 e. The molecule has 144 valence electrons. The van der Waals surface area contributed by atoms with Gasteiger partial charge in [-0.1, -0.05) is 0 Å². The van der Waals surface area contributed by atoms with Crippen LogP contribution in [-0.2, 0) is 15.8 Å². The Balaban J connectivity index is 2.10. The van der Waals surface area contributed by atoms with Gasteiger partial charge in [-0.05, 0) is 30.7 Å². The second-order valence-corrected chi connectivity index (χ2v) is 5.48. The van der Waals surface area contributed by atoms with Crippen LogP contribution in [0.4, 0.5) is 13.2 Å². The molecule has 0 saturated carbocycles. The molecule has 1 aromatic heterocycles. The Bertz CT molecular complexity index is 846. The van der Waals surface area contributed by atoms with Crippen LogP contribution in [0.3, 0.4) is 0 Å². The van der Waals surface area contributed by atoms with Crippen molar-refractivity contribution in [3.05, 3.63) is 41.8 Å². The molecule has 1 aromatic carbocycles. The molecule has 0 aliphatic carbocycles. The molecule has 4 N–H and O–H groups in total. The van der Waals surface area contributed by atoms with Crippen molar-refractivity contribution in [2.45, 2.75) is 25.1 Å². The number of carbonyl (C=O) groups is 3. The van der Waals surface area contributed by atoms with E-state index in [0.29, 0.717) is 0 Å². The fourth-order valence-electron chi connectivity index (χ4n) is 2.09. The molecule has 27 heavy (non-hydrogen) atoms. The van der Waals surface area contributed by atoms with E-state index in [1.807, 2.05) is 0 Å². The molecular formula is C16H14F3N3O5. The standard InChI is InChI=1S/C16H14F3N3O5/c17-16(18,19)9-3-1-8(2-4-9)14-22-11(7-27-14)13(24)21-10(15(25)26)5-6-12(20)23/h1-4,7,10H,5-6H2,(H2,20,23)(H,21,24)(H,25,26). The van der Waals surface area contributed by atoms with Crippen molar-refractivity contribution in [3.8, 4) is 11.5 Å². The van der Waals surface area contributed by atoms with Crippen molar-refractivity contribution in [3.63, 3.8) is 0 Å². The number of hydrogen-bond donors (Lipinski definition) is 3. The first-order chi connectivity index (χ1) is 12.6. The highest BCUT2D eigenvalue weighted by molar-refractivity contribution is 5.95. The fourth-order valence-corrected chi connectivity index (χ4v) is 2.09. The molecule has 0 radical (unpaired) electrons. The maximum absolute atomic E-state index is 12.6. The number of nitrogens with zero attached hydrogens (tertiary/aromatic N) is 1. The quantitative estimate of drug-likeness (QED) is 0.665. The maximum atomic E-state index is 12.6. The van der Waals surface area contributed by atoms with E-state index in [0.717, 1.165) is 30.5 Å². The van der Waals surface area contributed by atoms with E-state index in [4.69, 9.17) is 15.3 Å². The average Bonchev–Trinajstić information content (AvgIpc) is 3.07. The van der Waals surface area contributed by atoms with Gasteiger partial charge in [0.1, 0.15) is 12.3 Å². The summed E-state index contributed by atoms with van der Waals surface area (Å²) in [4.78, 5) is 37.8. The van der Waals surface area contributed by atoms with Gasteiger partial charge in [0.05, 0.1) is 5.56 Å². The van der Waals surface area contributed by atoms with E-state index < -0.39 is 35.6 Å². The van der Waals surface area contributed by atoms with Gasteiger partial charge in [0.2, 0.25) is 11.8 Å². The highest BCUT2D eigenvalue weighted by Crippen LogP contribution is 2.30. The second kappa shape index (κ2) is 7.89. The third-order valence-electron chi connectivity index (χ3n) is 3.48. The van der Waals surface area contributed by atoms with Crippen LogP contribution in [0.2, 0.25) is 0 Å². The van der Waals surface area contributed by atoms with Crippen LogP contribution < -0.4 is 11.1 Å². The summed E-state index contributed by atoms with van der Waals surface area (Å²) < 4.78 is 42.8. The summed E-state index contributed by atoms with van der Waals surface area (Å²) in [5.74, 6) is -3.08. The minimum atomic E-state index is -4.49. The summed E-state index contributed by atoms with van der Waals surface area (Å²) in [5.41, 5.74) is 4.02. The van der Waals surface area contributed by atoms with Gasteiger partial charge >= 0.3 is 12.1 Å². The molecule has 0 aliphatic heterocycles. The summed E-state index contributed by atoms with van der Waals surface area (Å²) in [5, 5.41) is 11.2. The van der Waals surface area contributed by atoms with Gasteiger partial charge in [-0.3, -0.25) is 9.59 Å². The lowest BCUT2D eigenvalue weighted by atomic mass is 10.1. The predicted octanol–water partition coefficient (Wildman–Crippen LogP) is 1.81. The van der Waals surface area contributed by atoms with Crippen molar-refractivity contribution < 1.29 is 37.1 Å². The van der Waals surface area contributed by atoms with Crippen molar-refractivity contribution in [2.75, 3.05) is 0 Å². The molecule has 11 heteroatoms. The van der Waals surface area contributed by atoms with Gasteiger partial charge in [0, 0.05) is 12.0 Å². The van der Waals surface area contributed by atoms with Gasteiger partial charge in [0.25, 0.3) is 5.91 Å². The topological polar surface area (TPSA) is 136 Å². The lowest BCUT2D eigenvalue weighted by Crippen LogP contribution is -2.41. The van der Waals surface area contributed by atoms with Crippen molar-refractivity contribution >= 4 is 17.8 Å². The number of hydrogen-bond acceptors (Lipinski definition) is 5. The summed E-state index contributed by atoms with van der Waals surface area (Å²) >= 11 is 0. The lowest BCUT2D eigenvalue weighted by Gasteiger charge is -2.12. The monoisotopic (exact) mass is 385 g/mol. The molecule has 0 aliphatic rings. The molecule has 2 aromatic rings. The van der Waals surface area contributed by atoms with Gasteiger partial charge < -0.3 is 20.6 Å². The molecule has 2 rings (SSSR count). The summed E-state index contributed by atoms with van der Waals surface area (Å²) in [6.45, 7) is 0.